The van der Waals surface area contributed by atoms with Crippen molar-refractivity contribution < 1.29 is 89.3 Å². The number of hydrogen-bond donors (Lipinski definition) is 0. The molecule has 754 valence electrons. The number of benzene rings is 10. The zero-order valence-corrected chi connectivity index (χ0v) is 98.1. The van der Waals surface area contributed by atoms with Crippen LogP contribution < -0.4 is 0 Å². The molecule has 0 bridgehead atoms. The van der Waals surface area contributed by atoms with E-state index >= 15 is 0 Å². The van der Waals surface area contributed by atoms with Crippen LogP contribution in [0.25, 0.3) is 179 Å². The molecule has 0 saturated carbocycles. The van der Waals surface area contributed by atoms with E-state index in [0.29, 0.717) is 17.4 Å². The minimum atomic E-state index is 0. The topological polar surface area (TPSA) is 168 Å². The fourth-order valence-electron chi connectivity index (χ4n) is 23.2. The molecule has 4 aliphatic carbocycles. The van der Waals surface area contributed by atoms with Crippen molar-refractivity contribution in [2.75, 3.05) is 0 Å². The summed E-state index contributed by atoms with van der Waals surface area (Å²) in [6, 6.07) is 102. The van der Waals surface area contributed by atoms with E-state index in [1.54, 1.807) is 12.5 Å². The van der Waals surface area contributed by atoms with Crippen LogP contribution in [0.2, 0.25) is 0 Å². The van der Waals surface area contributed by atoms with Crippen molar-refractivity contribution in [2.24, 2.45) is 21.7 Å². The van der Waals surface area contributed by atoms with E-state index in [2.05, 4.69) is 361 Å². The van der Waals surface area contributed by atoms with E-state index in [1.165, 1.54) is 44.5 Å². The number of aromatic nitrogens is 11. The maximum absolute atomic E-state index is 6.39. The summed E-state index contributed by atoms with van der Waals surface area (Å²) in [5, 5.41) is 5.26. The molecule has 20 aromatic rings. The maximum Gasteiger partial charge on any atom is 0.227 e. The van der Waals surface area contributed by atoms with Gasteiger partial charge in [-0.1, -0.05) is 342 Å². The van der Waals surface area contributed by atoms with E-state index in [-0.39, 0.29) is 145 Å². The Bertz CT molecular complexity index is 8410. The molecule has 24 rings (SSSR count). The quantitative estimate of drug-likeness (QED) is 0.112. The van der Waals surface area contributed by atoms with Gasteiger partial charge in [-0.15, -0.1) is 140 Å². The SMILES string of the molecule is CC1(C)c2c[c-]c(-c3ccc(-c4ccnc5oc6ccccc6c45)cn3)cc2C(C)(C)C1(C)C.CC1(C)c2c[c-]c(-c3ccc(-c4nc(-c5cccc6c5oc5ccccc56)c5ccccc5n4)cn3)cc2C(C)(C)C1(C)C.CC1(C)c2c[c-]c(-c3ccc(-c4ncc(-c5ccccc5)cn4)cn3)cc2C(C)(C)C1(C)C.CC1(C)c2c[c-]c(-c3ccc(-c4ncncc4-c4ccccc4)cn3)cc2C(C)(C)C1(C)C.[Ir].[Ir].[Ir].[Ir]. The molecule has 17 heteroatoms. The molecule has 0 N–H and O–H groups in total. The van der Waals surface area contributed by atoms with Crippen molar-refractivity contribution in [3.05, 3.63) is 379 Å². The van der Waals surface area contributed by atoms with Crippen molar-refractivity contribution in [3.63, 3.8) is 0 Å². The Hall–Kier alpha value is -12.4. The molecule has 4 radical (unpaired) electrons. The summed E-state index contributed by atoms with van der Waals surface area (Å²) in [4.78, 5) is 51.8. The second-order valence-corrected chi connectivity index (χ2v) is 46.1. The molecule has 148 heavy (non-hydrogen) atoms. The monoisotopic (exact) mass is 2650 g/mol. The smallest absolute Gasteiger partial charge is 0.227 e. The molecule has 0 amide bonds. The number of hydrogen-bond acceptors (Lipinski definition) is 13. The molecule has 10 aromatic heterocycles. The average molecular weight is 2650 g/mol. The van der Waals surface area contributed by atoms with Crippen LogP contribution in [0, 0.1) is 45.9 Å². The molecular formula is C131H123Ir4N11O2-4. The Balaban J connectivity index is 0.000000134. The second kappa shape index (κ2) is 39.2. The summed E-state index contributed by atoms with van der Waals surface area (Å²) >= 11 is 0. The van der Waals surface area contributed by atoms with Gasteiger partial charge in [-0.05, 0) is 140 Å². The zero-order valence-electron chi connectivity index (χ0n) is 88.5. The number of nitrogens with zero attached hydrogens (tertiary/aromatic N) is 11. The van der Waals surface area contributed by atoms with Crippen LogP contribution in [0.4, 0.5) is 0 Å². The summed E-state index contributed by atoms with van der Waals surface area (Å²) < 4.78 is 12.4. The first-order valence-corrected chi connectivity index (χ1v) is 50.3. The fraction of sp³-hybridized carbons (Fsp3) is 0.275. The molecule has 0 aliphatic heterocycles. The van der Waals surface area contributed by atoms with Crippen molar-refractivity contribution in [3.8, 4) is 124 Å². The first kappa shape index (κ1) is 107. The third-order valence-electron chi connectivity index (χ3n) is 37.0. The van der Waals surface area contributed by atoms with Crippen molar-refractivity contribution in [2.45, 2.75) is 209 Å². The van der Waals surface area contributed by atoms with Gasteiger partial charge in [-0.3, -0.25) is 0 Å². The Morgan fingerprint density at radius 1 is 0.243 bits per heavy atom. The zero-order chi connectivity index (χ0) is 101. The third-order valence-corrected chi connectivity index (χ3v) is 37.0. The summed E-state index contributed by atoms with van der Waals surface area (Å²) in [7, 11) is 0. The van der Waals surface area contributed by atoms with Gasteiger partial charge in [0.15, 0.2) is 11.6 Å². The van der Waals surface area contributed by atoms with E-state index in [1.807, 2.05) is 153 Å². The molecule has 0 spiro atoms. The number of fused-ring (bicyclic) bond motifs is 11. The second-order valence-electron chi connectivity index (χ2n) is 46.1. The van der Waals surface area contributed by atoms with Crippen LogP contribution in [-0.2, 0) is 124 Å². The van der Waals surface area contributed by atoms with Crippen LogP contribution in [0.3, 0.4) is 0 Å². The molecule has 10 heterocycles. The molecule has 0 saturated heterocycles. The molecular weight excluding hydrogens is 2530 g/mol. The van der Waals surface area contributed by atoms with Crippen LogP contribution in [0.5, 0.6) is 0 Å². The summed E-state index contributed by atoms with van der Waals surface area (Å²) in [5.74, 6) is 1.31. The number of pyridine rings is 5. The Morgan fingerprint density at radius 2 is 0.615 bits per heavy atom. The van der Waals surface area contributed by atoms with Crippen molar-refractivity contribution in [1.82, 2.24) is 54.8 Å². The van der Waals surface area contributed by atoms with Crippen LogP contribution in [-0.4, -0.2) is 54.8 Å². The first-order valence-electron chi connectivity index (χ1n) is 50.3. The van der Waals surface area contributed by atoms with Crippen LogP contribution in [0.15, 0.2) is 320 Å². The fourth-order valence-corrected chi connectivity index (χ4v) is 23.2. The standard InChI is InChI=1S/C40H34N3O.C31H29N2O.2C30H30N3.4Ir/c1-38(2)30-20-18-24(22-31(30)39(3,4)40(38,5)6)32-21-19-25(23-41-32)37-42-33-16-9-7-13-28(33)35(43-37)29-15-11-14-27-26-12-8-10-17-34(26)44-36(27)29;1-29(2)23-13-11-19(17-24(23)30(3,4)31(29,5)6)25-14-12-20(18-33-25)21-15-16-32-28-27(21)22-9-7-8-10-26(22)34-28;1-28(2)24-14-12-21(16-25(24)29(3,4)30(28,5)6)26-15-13-22(17-32-26)27-23(18-31-19-33-27)20-10-8-7-9-11-20;1-28(2)24-14-12-21(16-25(24)29(3,4)30(28,5)6)26-15-13-22(17-31-26)27-32-18-23(19-33-27)20-10-8-7-9-11-20;;;;/h7-17,19-23H,1-6H3;7-10,12-18H,1-6H3;2*7-11,13-19H,1-6H3;;;;/q4*-1;;;;. The molecule has 0 unspecified atom stereocenters. The largest absolute Gasteiger partial charge is 0.455 e. The molecule has 10 aromatic carbocycles. The first-order chi connectivity index (χ1) is 68.5. The van der Waals surface area contributed by atoms with Gasteiger partial charge in [0, 0.05) is 185 Å². The van der Waals surface area contributed by atoms with E-state index < -0.39 is 0 Å². The van der Waals surface area contributed by atoms with Crippen molar-refractivity contribution in [1.29, 1.82) is 0 Å². The summed E-state index contributed by atoms with van der Waals surface area (Å²) in [6.45, 7) is 56.8. The third kappa shape index (κ3) is 17.2. The van der Waals surface area contributed by atoms with Crippen molar-refractivity contribution >= 4 is 54.9 Å². The Kier molecular flexibility index (Phi) is 28.3. The predicted octanol–water partition coefficient (Wildman–Crippen LogP) is 33.0. The normalized spacial score (nSPS) is 16.8. The number of furan rings is 2. The number of para-hydroxylation sites is 4. The van der Waals surface area contributed by atoms with Gasteiger partial charge in [0.05, 0.1) is 22.3 Å². The molecule has 13 nitrogen and oxygen atoms in total. The van der Waals surface area contributed by atoms with Gasteiger partial charge in [0.1, 0.15) is 23.1 Å². The van der Waals surface area contributed by atoms with Crippen LogP contribution in [0.1, 0.15) is 211 Å². The summed E-state index contributed by atoms with van der Waals surface area (Å²) in [5.41, 5.74) is 35.8. The van der Waals surface area contributed by atoms with E-state index in [0.717, 1.165) is 161 Å². The molecule has 0 fully saturated rings. The average Bonchev–Trinajstić information content (AvgIpc) is 1.55. The predicted molar refractivity (Wildman–Crippen MR) is 588 cm³/mol. The van der Waals surface area contributed by atoms with Gasteiger partial charge in [0.25, 0.3) is 0 Å². The molecule has 0 atom stereocenters. The minimum absolute atomic E-state index is 0. The Labute approximate surface area is 925 Å². The number of rotatable bonds is 11. The maximum atomic E-state index is 6.39. The van der Waals surface area contributed by atoms with E-state index in [4.69, 9.17) is 38.7 Å². The van der Waals surface area contributed by atoms with Gasteiger partial charge in [-0.2, -0.15) is 0 Å². The van der Waals surface area contributed by atoms with Gasteiger partial charge < -0.3 is 28.8 Å². The van der Waals surface area contributed by atoms with Gasteiger partial charge in [0.2, 0.25) is 5.71 Å². The Morgan fingerprint density at radius 3 is 1.06 bits per heavy atom. The van der Waals surface area contributed by atoms with Gasteiger partial charge >= 0.3 is 0 Å². The van der Waals surface area contributed by atoms with Crippen LogP contribution >= 0.6 is 0 Å². The minimum Gasteiger partial charge on any atom is -0.455 e. The van der Waals surface area contributed by atoms with Gasteiger partial charge in [-0.25, -0.2) is 34.9 Å². The van der Waals surface area contributed by atoms with E-state index in [9.17, 15) is 0 Å². The molecule has 4 aliphatic rings. The summed E-state index contributed by atoms with van der Waals surface area (Å²) in [6.07, 6.45) is 16.6.